The minimum absolute atomic E-state index is 0.0753. The molecule has 6 heteroatoms. The van der Waals surface area contributed by atoms with Crippen LogP contribution >= 0.6 is 0 Å². The molecule has 110 valence electrons. The van der Waals surface area contributed by atoms with E-state index >= 15 is 0 Å². The Kier molecular flexibility index (Phi) is 5.07. The number of nitro benzene ring substituents is 1. The molecule has 1 rings (SSSR count). The average Bonchev–Trinajstić information content (AvgIpc) is 2.34. The van der Waals surface area contributed by atoms with Crippen LogP contribution in [0.3, 0.4) is 0 Å². The van der Waals surface area contributed by atoms with Gasteiger partial charge in [0.15, 0.2) is 0 Å². The molecule has 0 radical (unpaired) electrons. The van der Waals surface area contributed by atoms with Crippen molar-refractivity contribution in [3.63, 3.8) is 0 Å². The quantitative estimate of drug-likeness (QED) is 0.639. The second-order valence-electron chi connectivity index (χ2n) is 5.41. The van der Waals surface area contributed by atoms with Crippen molar-refractivity contribution in [2.75, 3.05) is 11.4 Å². The second kappa shape index (κ2) is 6.36. The first-order valence-corrected chi connectivity index (χ1v) is 6.52. The van der Waals surface area contributed by atoms with Gasteiger partial charge in [0.2, 0.25) is 0 Å². The number of aromatic carboxylic acids is 1. The molecule has 0 fully saturated rings. The zero-order chi connectivity index (χ0) is 15.4. The third-order valence-corrected chi connectivity index (χ3v) is 2.91. The summed E-state index contributed by atoms with van der Waals surface area (Å²) in [7, 11) is 0. The molecule has 0 aliphatic carbocycles. The van der Waals surface area contributed by atoms with Crippen LogP contribution in [0.1, 0.15) is 38.1 Å². The lowest BCUT2D eigenvalue weighted by Gasteiger charge is -2.30. The molecule has 20 heavy (non-hydrogen) atoms. The van der Waals surface area contributed by atoms with Gasteiger partial charge in [-0.05, 0) is 31.9 Å². The van der Waals surface area contributed by atoms with Crippen LogP contribution in [0.5, 0.6) is 0 Å². The van der Waals surface area contributed by atoms with Crippen LogP contribution in [0.2, 0.25) is 0 Å². The number of hydrogen-bond donors (Lipinski definition) is 1. The maximum Gasteiger partial charge on any atom is 0.335 e. The minimum Gasteiger partial charge on any atom is -0.478 e. The molecular formula is C14H20N2O4. The number of carboxylic acids is 1. The van der Waals surface area contributed by atoms with Gasteiger partial charge in [0, 0.05) is 18.7 Å². The second-order valence-corrected chi connectivity index (χ2v) is 5.41. The van der Waals surface area contributed by atoms with Gasteiger partial charge in [-0.2, -0.15) is 0 Å². The van der Waals surface area contributed by atoms with Crippen molar-refractivity contribution in [3.8, 4) is 0 Å². The molecular weight excluding hydrogens is 260 g/mol. The van der Waals surface area contributed by atoms with Crippen molar-refractivity contribution < 1.29 is 14.8 Å². The van der Waals surface area contributed by atoms with Crippen LogP contribution in [0.15, 0.2) is 18.2 Å². The fourth-order valence-corrected chi connectivity index (χ4v) is 2.03. The molecule has 0 spiro atoms. The van der Waals surface area contributed by atoms with E-state index < -0.39 is 10.9 Å². The van der Waals surface area contributed by atoms with Crippen molar-refractivity contribution in [2.45, 2.75) is 33.7 Å². The Labute approximate surface area is 118 Å². The molecule has 0 bridgehead atoms. The third-order valence-electron chi connectivity index (χ3n) is 2.91. The van der Waals surface area contributed by atoms with E-state index in [4.69, 9.17) is 5.11 Å². The number of carboxylic acid groups (broad SMARTS) is 1. The summed E-state index contributed by atoms with van der Waals surface area (Å²) in [5.41, 5.74) is 0.219. The largest absolute Gasteiger partial charge is 0.478 e. The molecule has 0 heterocycles. The van der Waals surface area contributed by atoms with Gasteiger partial charge in [0.05, 0.1) is 10.5 Å². The lowest BCUT2D eigenvalue weighted by Crippen LogP contribution is -2.34. The number of benzene rings is 1. The molecule has 6 nitrogen and oxygen atoms in total. The highest BCUT2D eigenvalue weighted by molar-refractivity contribution is 5.89. The minimum atomic E-state index is -1.17. The van der Waals surface area contributed by atoms with E-state index in [1.54, 1.807) is 0 Å². The summed E-state index contributed by atoms with van der Waals surface area (Å²) in [6.07, 6.45) is 0. The highest BCUT2D eigenvalue weighted by atomic mass is 16.6. The van der Waals surface area contributed by atoms with E-state index in [-0.39, 0.29) is 17.3 Å². The summed E-state index contributed by atoms with van der Waals surface area (Å²) in [5, 5.41) is 20.1. The molecule has 0 aliphatic heterocycles. The van der Waals surface area contributed by atoms with Gasteiger partial charge in [-0.15, -0.1) is 0 Å². The predicted molar refractivity (Wildman–Crippen MR) is 77.4 cm³/mol. The maximum absolute atomic E-state index is 11.2. The first kappa shape index (κ1) is 15.9. The van der Waals surface area contributed by atoms with Gasteiger partial charge in [-0.25, -0.2) is 4.79 Å². The van der Waals surface area contributed by atoms with Crippen LogP contribution in [-0.2, 0) is 0 Å². The Balaban J connectivity index is 3.33. The lowest BCUT2D eigenvalue weighted by atomic mass is 10.1. The van der Waals surface area contributed by atoms with Crippen LogP contribution in [0.25, 0.3) is 0 Å². The Morgan fingerprint density at radius 2 is 1.95 bits per heavy atom. The van der Waals surface area contributed by atoms with Crippen molar-refractivity contribution in [3.05, 3.63) is 33.9 Å². The fraction of sp³-hybridized carbons (Fsp3) is 0.500. The molecule has 0 aromatic heterocycles. The number of anilines is 1. The van der Waals surface area contributed by atoms with Gasteiger partial charge in [0.25, 0.3) is 5.69 Å². The molecule has 0 amide bonds. The van der Waals surface area contributed by atoms with Gasteiger partial charge >= 0.3 is 5.97 Å². The fourth-order valence-electron chi connectivity index (χ4n) is 2.03. The van der Waals surface area contributed by atoms with Crippen LogP contribution in [0, 0.1) is 16.0 Å². The Hall–Kier alpha value is -2.11. The van der Waals surface area contributed by atoms with E-state index in [9.17, 15) is 14.9 Å². The normalized spacial score (nSPS) is 10.9. The zero-order valence-corrected chi connectivity index (χ0v) is 12.2. The zero-order valence-electron chi connectivity index (χ0n) is 12.2. The van der Waals surface area contributed by atoms with Crippen LogP contribution < -0.4 is 4.90 Å². The first-order valence-electron chi connectivity index (χ1n) is 6.52. The van der Waals surface area contributed by atoms with Crippen LogP contribution in [-0.4, -0.2) is 28.6 Å². The number of rotatable bonds is 6. The maximum atomic E-state index is 11.2. The number of carbonyl (C=O) groups is 1. The van der Waals surface area contributed by atoms with E-state index in [0.717, 1.165) is 6.07 Å². The summed E-state index contributed by atoms with van der Waals surface area (Å²) in [5.74, 6) is -0.823. The number of hydrogen-bond acceptors (Lipinski definition) is 4. The standard InChI is InChI=1S/C14H20N2O4/c1-9(2)8-15(10(3)4)12-6-5-11(14(17)18)7-13(12)16(19)20/h5-7,9-10H,8H2,1-4H3,(H,17,18). The van der Waals surface area contributed by atoms with Crippen molar-refractivity contribution in [2.24, 2.45) is 5.92 Å². The SMILES string of the molecule is CC(C)CN(c1ccc(C(=O)O)cc1[N+](=O)[O-])C(C)C. The Morgan fingerprint density at radius 3 is 2.35 bits per heavy atom. The molecule has 0 unspecified atom stereocenters. The first-order chi connectivity index (χ1) is 9.23. The predicted octanol–water partition coefficient (Wildman–Crippen LogP) is 3.16. The summed E-state index contributed by atoms with van der Waals surface area (Å²) in [6.45, 7) is 8.65. The van der Waals surface area contributed by atoms with Crippen molar-refractivity contribution in [1.29, 1.82) is 0 Å². The third kappa shape index (κ3) is 3.69. The van der Waals surface area contributed by atoms with E-state index in [1.807, 2.05) is 32.6 Å². The van der Waals surface area contributed by atoms with E-state index in [2.05, 4.69) is 0 Å². The van der Waals surface area contributed by atoms with Gasteiger partial charge in [0.1, 0.15) is 5.69 Å². The molecule has 1 aromatic rings. The van der Waals surface area contributed by atoms with E-state index in [0.29, 0.717) is 18.2 Å². The van der Waals surface area contributed by atoms with Crippen molar-refractivity contribution >= 4 is 17.3 Å². The molecule has 0 aliphatic rings. The highest BCUT2D eigenvalue weighted by Gasteiger charge is 2.23. The summed E-state index contributed by atoms with van der Waals surface area (Å²) in [6, 6.07) is 4.13. The molecule has 0 saturated heterocycles. The topological polar surface area (TPSA) is 83.7 Å². The number of nitrogens with zero attached hydrogens (tertiary/aromatic N) is 2. The average molecular weight is 280 g/mol. The monoisotopic (exact) mass is 280 g/mol. The lowest BCUT2D eigenvalue weighted by molar-refractivity contribution is -0.384. The molecule has 0 saturated carbocycles. The highest BCUT2D eigenvalue weighted by Crippen LogP contribution is 2.31. The summed E-state index contributed by atoms with van der Waals surface area (Å²) in [4.78, 5) is 23.5. The van der Waals surface area contributed by atoms with Gasteiger partial charge in [-0.1, -0.05) is 13.8 Å². The van der Waals surface area contributed by atoms with Crippen molar-refractivity contribution in [1.82, 2.24) is 0 Å². The Morgan fingerprint density at radius 1 is 1.35 bits per heavy atom. The van der Waals surface area contributed by atoms with E-state index in [1.165, 1.54) is 12.1 Å². The van der Waals surface area contributed by atoms with Gasteiger partial charge < -0.3 is 10.0 Å². The molecule has 0 atom stereocenters. The number of nitro groups is 1. The molecule has 1 N–H and O–H groups in total. The molecule has 1 aromatic carbocycles. The summed E-state index contributed by atoms with van der Waals surface area (Å²) >= 11 is 0. The summed E-state index contributed by atoms with van der Waals surface area (Å²) < 4.78 is 0. The van der Waals surface area contributed by atoms with Gasteiger partial charge in [-0.3, -0.25) is 10.1 Å². The smallest absolute Gasteiger partial charge is 0.335 e. The Bertz CT molecular complexity index is 512. The van der Waals surface area contributed by atoms with Crippen LogP contribution in [0.4, 0.5) is 11.4 Å².